The summed E-state index contributed by atoms with van der Waals surface area (Å²) < 4.78 is 4.85. The smallest absolute Gasteiger partial charge is 0.307 e. The molecule has 0 saturated carbocycles. The maximum Gasteiger partial charge on any atom is 0.307 e. The summed E-state index contributed by atoms with van der Waals surface area (Å²) in [6.07, 6.45) is 2.44. The largest absolute Gasteiger partial charge is 0.466 e. The molecular formula is C17H23N3O7. The molecule has 0 aliphatic rings. The van der Waals surface area contributed by atoms with Crippen molar-refractivity contribution in [3.63, 3.8) is 0 Å². The van der Waals surface area contributed by atoms with Gasteiger partial charge in [-0.25, -0.2) is 0 Å². The van der Waals surface area contributed by atoms with E-state index in [0.717, 1.165) is 31.0 Å². The van der Waals surface area contributed by atoms with Gasteiger partial charge in [-0.2, -0.15) is 0 Å². The number of rotatable bonds is 11. The molecule has 0 unspecified atom stereocenters. The number of benzene rings is 1. The molecule has 0 heterocycles. The zero-order valence-corrected chi connectivity index (χ0v) is 15.4. The highest BCUT2D eigenvalue weighted by atomic mass is 16.6. The Labute approximate surface area is 156 Å². The number of ether oxygens (including phenoxy) is 1. The van der Waals surface area contributed by atoms with Crippen molar-refractivity contribution in [1.82, 2.24) is 4.90 Å². The van der Waals surface area contributed by atoms with Gasteiger partial charge >= 0.3 is 5.97 Å². The molecule has 148 valence electrons. The van der Waals surface area contributed by atoms with Crippen molar-refractivity contribution < 1.29 is 24.2 Å². The predicted octanol–water partition coefficient (Wildman–Crippen LogP) is 3.09. The molecule has 0 aliphatic heterocycles. The lowest BCUT2D eigenvalue weighted by Crippen LogP contribution is -2.34. The van der Waals surface area contributed by atoms with E-state index < -0.39 is 33.1 Å². The molecule has 0 aromatic heterocycles. The number of nitro benzene ring substituents is 2. The van der Waals surface area contributed by atoms with Crippen LogP contribution in [0.4, 0.5) is 11.4 Å². The lowest BCUT2D eigenvalue weighted by molar-refractivity contribution is -0.394. The topological polar surface area (TPSA) is 133 Å². The van der Waals surface area contributed by atoms with Crippen molar-refractivity contribution in [2.45, 2.75) is 39.5 Å². The molecule has 0 fully saturated rings. The van der Waals surface area contributed by atoms with Crippen LogP contribution in [0.5, 0.6) is 0 Å². The third-order valence-corrected chi connectivity index (χ3v) is 3.78. The van der Waals surface area contributed by atoms with Gasteiger partial charge in [0, 0.05) is 25.2 Å². The van der Waals surface area contributed by atoms with Crippen LogP contribution < -0.4 is 0 Å². The van der Waals surface area contributed by atoms with E-state index in [9.17, 15) is 29.8 Å². The van der Waals surface area contributed by atoms with Gasteiger partial charge in [0.05, 0.1) is 34.5 Å². The van der Waals surface area contributed by atoms with Crippen LogP contribution >= 0.6 is 0 Å². The van der Waals surface area contributed by atoms with Gasteiger partial charge in [0.25, 0.3) is 17.3 Å². The summed E-state index contributed by atoms with van der Waals surface area (Å²) in [4.78, 5) is 46.2. The molecule has 0 atom stereocenters. The summed E-state index contributed by atoms with van der Waals surface area (Å²) in [7, 11) is 0. The maximum atomic E-state index is 12.8. The molecule has 1 aromatic carbocycles. The Morgan fingerprint density at radius 1 is 1.00 bits per heavy atom. The Balaban J connectivity index is 3.09. The van der Waals surface area contributed by atoms with E-state index in [-0.39, 0.29) is 25.1 Å². The Bertz CT molecular complexity index is 674. The van der Waals surface area contributed by atoms with Gasteiger partial charge in [-0.1, -0.05) is 19.8 Å². The van der Waals surface area contributed by atoms with Gasteiger partial charge in [-0.3, -0.25) is 29.8 Å². The van der Waals surface area contributed by atoms with Gasteiger partial charge in [-0.15, -0.1) is 0 Å². The van der Waals surface area contributed by atoms with Crippen molar-refractivity contribution in [3.05, 3.63) is 44.0 Å². The summed E-state index contributed by atoms with van der Waals surface area (Å²) in [6, 6.07) is 2.82. The third kappa shape index (κ3) is 7.00. The van der Waals surface area contributed by atoms with Crippen molar-refractivity contribution in [1.29, 1.82) is 0 Å². The number of nitrogens with zero attached hydrogens (tertiary/aromatic N) is 3. The van der Waals surface area contributed by atoms with E-state index in [1.807, 2.05) is 6.92 Å². The summed E-state index contributed by atoms with van der Waals surface area (Å²) in [5, 5.41) is 22.0. The molecular weight excluding hydrogens is 358 g/mol. The van der Waals surface area contributed by atoms with Gasteiger partial charge in [-0.05, 0) is 13.3 Å². The van der Waals surface area contributed by atoms with E-state index in [1.54, 1.807) is 6.92 Å². The molecule has 27 heavy (non-hydrogen) atoms. The lowest BCUT2D eigenvalue weighted by atomic mass is 10.1. The number of carbonyl (C=O) groups is 2. The third-order valence-electron chi connectivity index (χ3n) is 3.78. The predicted molar refractivity (Wildman–Crippen MR) is 96.4 cm³/mol. The first-order chi connectivity index (χ1) is 12.8. The fraction of sp³-hybridized carbons (Fsp3) is 0.529. The quantitative estimate of drug-likeness (QED) is 0.249. The molecule has 10 nitrogen and oxygen atoms in total. The first-order valence-corrected chi connectivity index (χ1v) is 8.68. The standard InChI is InChI=1S/C17H23N3O7/c1-3-5-6-8-18(9-7-16(21)27-4-2)17(22)13-10-14(19(23)24)12-15(11-13)20(25)26/h10-12H,3-9H2,1-2H3. The fourth-order valence-corrected chi connectivity index (χ4v) is 2.44. The number of hydrogen-bond donors (Lipinski definition) is 0. The Kier molecular flexibility index (Phi) is 8.83. The van der Waals surface area contributed by atoms with Crippen LogP contribution in [0.3, 0.4) is 0 Å². The van der Waals surface area contributed by atoms with Crippen LogP contribution in [-0.4, -0.2) is 46.3 Å². The summed E-state index contributed by atoms with van der Waals surface area (Å²) in [6.45, 7) is 4.29. The van der Waals surface area contributed by atoms with Gasteiger partial charge in [0.1, 0.15) is 0 Å². The second-order valence-corrected chi connectivity index (χ2v) is 5.81. The summed E-state index contributed by atoms with van der Waals surface area (Å²) >= 11 is 0. The van der Waals surface area contributed by atoms with E-state index in [1.165, 1.54) is 4.90 Å². The molecule has 0 saturated heterocycles. The van der Waals surface area contributed by atoms with Crippen LogP contribution in [0.15, 0.2) is 18.2 Å². The second kappa shape index (κ2) is 10.8. The normalized spacial score (nSPS) is 10.3. The second-order valence-electron chi connectivity index (χ2n) is 5.81. The first kappa shape index (κ1) is 22.0. The average molecular weight is 381 g/mol. The first-order valence-electron chi connectivity index (χ1n) is 8.68. The SMILES string of the molecule is CCCCCN(CCC(=O)OCC)C(=O)c1cc([N+](=O)[O-])cc([N+](=O)[O-])c1. The number of amides is 1. The Morgan fingerprint density at radius 2 is 1.59 bits per heavy atom. The highest BCUT2D eigenvalue weighted by Gasteiger charge is 2.23. The molecule has 0 aliphatic carbocycles. The number of carbonyl (C=O) groups excluding carboxylic acids is 2. The molecule has 0 radical (unpaired) electrons. The van der Waals surface area contributed by atoms with Crippen molar-refractivity contribution >= 4 is 23.3 Å². The zero-order valence-electron chi connectivity index (χ0n) is 15.4. The molecule has 1 aromatic rings. The van der Waals surface area contributed by atoms with Gasteiger partial charge in [0.15, 0.2) is 0 Å². The van der Waals surface area contributed by atoms with Crippen LogP contribution in [0.25, 0.3) is 0 Å². The monoisotopic (exact) mass is 381 g/mol. The van der Waals surface area contributed by atoms with Gasteiger partial charge in [0.2, 0.25) is 0 Å². The molecule has 0 bridgehead atoms. The van der Waals surface area contributed by atoms with E-state index in [0.29, 0.717) is 13.0 Å². The van der Waals surface area contributed by atoms with E-state index in [4.69, 9.17) is 4.74 Å². The minimum atomic E-state index is -0.788. The Hall–Kier alpha value is -3.04. The number of nitro groups is 2. The molecule has 1 amide bonds. The number of non-ortho nitro benzene ring substituents is 2. The highest BCUT2D eigenvalue weighted by Crippen LogP contribution is 2.24. The van der Waals surface area contributed by atoms with Crippen molar-refractivity contribution in [2.75, 3.05) is 19.7 Å². The van der Waals surface area contributed by atoms with Gasteiger partial charge < -0.3 is 9.64 Å². The van der Waals surface area contributed by atoms with Crippen LogP contribution in [0.1, 0.15) is 49.9 Å². The number of esters is 1. The van der Waals surface area contributed by atoms with E-state index in [2.05, 4.69) is 0 Å². The summed E-state index contributed by atoms with van der Waals surface area (Å²) in [5.41, 5.74) is -1.23. The minimum absolute atomic E-state index is 0.0251. The number of hydrogen-bond acceptors (Lipinski definition) is 7. The zero-order chi connectivity index (χ0) is 20.4. The maximum absolute atomic E-state index is 12.8. The molecule has 0 spiro atoms. The molecule has 10 heteroatoms. The summed E-state index contributed by atoms with van der Waals surface area (Å²) in [5.74, 6) is -1.06. The van der Waals surface area contributed by atoms with Crippen LogP contribution in [0, 0.1) is 20.2 Å². The van der Waals surface area contributed by atoms with Crippen LogP contribution in [-0.2, 0) is 9.53 Å². The molecule has 1 rings (SSSR count). The average Bonchev–Trinajstić information content (AvgIpc) is 2.63. The van der Waals surface area contributed by atoms with Crippen molar-refractivity contribution in [3.8, 4) is 0 Å². The van der Waals surface area contributed by atoms with Crippen LogP contribution in [0.2, 0.25) is 0 Å². The molecule has 0 N–H and O–H groups in total. The van der Waals surface area contributed by atoms with E-state index >= 15 is 0 Å². The highest BCUT2D eigenvalue weighted by molar-refractivity contribution is 5.95. The van der Waals surface area contributed by atoms with Crippen molar-refractivity contribution in [2.24, 2.45) is 0 Å². The minimum Gasteiger partial charge on any atom is -0.466 e. The lowest BCUT2D eigenvalue weighted by Gasteiger charge is -2.22. The Morgan fingerprint density at radius 3 is 2.07 bits per heavy atom. The fourth-order valence-electron chi connectivity index (χ4n) is 2.44. The number of unbranched alkanes of at least 4 members (excludes halogenated alkanes) is 2.